The van der Waals surface area contributed by atoms with Gasteiger partial charge in [0.2, 0.25) is 5.88 Å². The number of ether oxygens (including phenoxy) is 1. The molecule has 11 heteroatoms. The van der Waals surface area contributed by atoms with Gasteiger partial charge in [0.05, 0.1) is 16.4 Å². The highest BCUT2D eigenvalue weighted by Gasteiger charge is 2.60. The van der Waals surface area contributed by atoms with E-state index < -0.39 is 6.16 Å². The molecule has 2 aromatic carbocycles. The number of carbonyl (C=O) groups excluding carboxylic acids is 1. The van der Waals surface area contributed by atoms with Crippen molar-refractivity contribution in [2.75, 3.05) is 16.8 Å². The van der Waals surface area contributed by atoms with Gasteiger partial charge in [-0.15, -0.1) is 0 Å². The van der Waals surface area contributed by atoms with Gasteiger partial charge >= 0.3 is 6.16 Å². The summed E-state index contributed by atoms with van der Waals surface area (Å²) in [5.41, 5.74) is 5.90. The summed E-state index contributed by atoms with van der Waals surface area (Å²) in [4.78, 5) is 36.8. The molecule has 4 heterocycles. The van der Waals surface area contributed by atoms with Crippen molar-refractivity contribution < 1.29 is 19.4 Å². The van der Waals surface area contributed by atoms with E-state index in [0.29, 0.717) is 52.4 Å². The Kier molecular flexibility index (Phi) is 7.11. The van der Waals surface area contributed by atoms with Gasteiger partial charge in [0.25, 0.3) is 5.91 Å². The summed E-state index contributed by atoms with van der Waals surface area (Å²) >= 11 is 1.44. The van der Waals surface area contributed by atoms with Crippen LogP contribution in [0.15, 0.2) is 67.0 Å². The molecule has 50 heavy (non-hydrogen) atoms. The van der Waals surface area contributed by atoms with E-state index in [9.17, 15) is 14.7 Å². The van der Waals surface area contributed by atoms with Crippen LogP contribution in [0.1, 0.15) is 73.9 Å². The highest BCUT2D eigenvalue weighted by Crippen LogP contribution is 2.69. The van der Waals surface area contributed by atoms with E-state index >= 15 is 0 Å². The van der Waals surface area contributed by atoms with Crippen LogP contribution in [0.3, 0.4) is 0 Å². The Labute approximate surface area is 294 Å². The molecule has 2 atom stereocenters. The van der Waals surface area contributed by atoms with Crippen LogP contribution in [-0.2, 0) is 19.5 Å². The zero-order valence-electron chi connectivity index (χ0n) is 28.3. The lowest BCUT2D eigenvalue weighted by Gasteiger charge is -2.65. The number of anilines is 2. The molecule has 2 unspecified atom stereocenters. The van der Waals surface area contributed by atoms with Crippen molar-refractivity contribution in [3.05, 3.63) is 83.7 Å². The fourth-order valence-electron chi connectivity index (χ4n) is 10.9. The molecule has 10 rings (SSSR count). The Morgan fingerprint density at radius 3 is 2.60 bits per heavy atom. The number of aromatic nitrogens is 4. The van der Waals surface area contributed by atoms with Crippen molar-refractivity contribution in [2.45, 2.75) is 71.9 Å². The lowest BCUT2D eigenvalue weighted by molar-refractivity contribution is -0.151. The third-order valence-electron chi connectivity index (χ3n) is 11.6. The Morgan fingerprint density at radius 2 is 1.82 bits per heavy atom. The number of hydrogen-bond acceptors (Lipinski definition) is 8. The standard InChI is InChI=1S/C39H40N6O4S/c1-37-14-24-15-38(2,20-37)22-39(16-24,21-37)23-45-18-26(17-40-45)27-10-11-32(42-34(27)49-36(47)48)44-13-12-25-6-5-7-28(29(25)19-44)33(46)43-35-41-30-8-3-4-9-31(30)50-35/h3-11,17-18,24H,12-16,19-23H2,1-2H3,(H,47,48)(H,41,43,46). The van der Waals surface area contributed by atoms with Gasteiger partial charge in [-0.25, -0.2) is 9.78 Å². The monoisotopic (exact) mass is 688 g/mol. The quantitative estimate of drug-likeness (QED) is 0.164. The normalized spacial score (nSPS) is 26.6. The molecule has 10 nitrogen and oxygen atoms in total. The number of amides is 1. The third-order valence-corrected chi connectivity index (χ3v) is 12.5. The van der Waals surface area contributed by atoms with Gasteiger partial charge < -0.3 is 14.7 Å². The summed E-state index contributed by atoms with van der Waals surface area (Å²) in [7, 11) is 0. The number of pyridine rings is 1. The summed E-state index contributed by atoms with van der Waals surface area (Å²) in [6.45, 7) is 6.95. The average molecular weight is 689 g/mol. The van der Waals surface area contributed by atoms with E-state index in [-0.39, 0.29) is 17.2 Å². The number of thiazole rings is 1. The van der Waals surface area contributed by atoms with Crippen LogP contribution in [0.2, 0.25) is 0 Å². The van der Waals surface area contributed by atoms with Gasteiger partial charge in [-0.3, -0.25) is 14.8 Å². The smallest absolute Gasteiger partial charge is 0.449 e. The summed E-state index contributed by atoms with van der Waals surface area (Å²) < 4.78 is 8.36. The second-order valence-electron chi connectivity index (χ2n) is 16.0. The SMILES string of the molecule is CC12CC3CC(C)(C1)CC(Cn1cc(-c4ccc(N5CCc6cccc(C(=O)Nc7nc8ccccc8s7)c6C5)nc4OC(=O)O)cn1)(C3)C2. The van der Waals surface area contributed by atoms with E-state index in [1.54, 1.807) is 6.20 Å². The summed E-state index contributed by atoms with van der Waals surface area (Å²) in [5.74, 6) is 1.20. The molecular weight excluding hydrogens is 649 g/mol. The Morgan fingerprint density at radius 1 is 1.00 bits per heavy atom. The number of nitrogens with one attached hydrogen (secondary N) is 1. The predicted molar refractivity (Wildman–Crippen MR) is 193 cm³/mol. The van der Waals surface area contributed by atoms with Crippen LogP contribution >= 0.6 is 11.3 Å². The van der Waals surface area contributed by atoms with E-state index in [2.05, 4.69) is 39.8 Å². The molecule has 0 saturated heterocycles. The second kappa shape index (κ2) is 11.4. The molecule has 2 N–H and O–H groups in total. The highest BCUT2D eigenvalue weighted by atomic mass is 32.1. The molecule has 4 aliphatic carbocycles. The van der Waals surface area contributed by atoms with Crippen molar-refractivity contribution in [3.8, 4) is 17.0 Å². The van der Waals surface area contributed by atoms with E-state index in [0.717, 1.165) is 39.4 Å². The maximum absolute atomic E-state index is 13.5. The Balaban J connectivity index is 0.962. The van der Waals surface area contributed by atoms with Crippen molar-refractivity contribution >= 4 is 44.6 Å². The molecular formula is C39H40N6O4S. The molecule has 1 aliphatic heterocycles. The zero-order chi connectivity index (χ0) is 34.3. The largest absolute Gasteiger partial charge is 0.512 e. The molecule has 0 radical (unpaired) electrons. The van der Waals surface area contributed by atoms with E-state index in [1.807, 2.05) is 54.7 Å². The van der Waals surface area contributed by atoms with Crippen LogP contribution in [0.25, 0.3) is 21.3 Å². The molecule has 0 spiro atoms. The number of carbonyl (C=O) groups is 2. The Bertz CT molecular complexity index is 2120. The van der Waals surface area contributed by atoms with Crippen LogP contribution in [0.5, 0.6) is 5.88 Å². The van der Waals surface area contributed by atoms with Crippen LogP contribution in [-0.4, -0.2) is 43.5 Å². The van der Waals surface area contributed by atoms with Crippen molar-refractivity contribution in [2.24, 2.45) is 22.2 Å². The minimum Gasteiger partial charge on any atom is -0.449 e. The number of para-hydroxylation sites is 1. The van der Waals surface area contributed by atoms with Gasteiger partial charge in [0.1, 0.15) is 5.82 Å². The van der Waals surface area contributed by atoms with Gasteiger partial charge in [-0.2, -0.15) is 10.1 Å². The van der Waals surface area contributed by atoms with Gasteiger partial charge in [0, 0.05) is 42.5 Å². The van der Waals surface area contributed by atoms with E-state index in [1.165, 1.54) is 49.9 Å². The molecule has 3 aromatic heterocycles. The summed E-state index contributed by atoms with van der Waals surface area (Å²) in [6, 6.07) is 17.4. The summed E-state index contributed by atoms with van der Waals surface area (Å²) in [5, 5.41) is 18.0. The number of rotatable bonds is 7. The topological polar surface area (TPSA) is 122 Å². The number of nitrogens with zero attached hydrogens (tertiary/aromatic N) is 5. The van der Waals surface area contributed by atoms with Crippen molar-refractivity contribution in [1.29, 1.82) is 0 Å². The third kappa shape index (κ3) is 5.61. The number of benzene rings is 2. The fourth-order valence-corrected chi connectivity index (χ4v) is 11.7. The Hall–Kier alpha value is -4.77. The molecule has 4 bridgehead atoms. The number of hydrogen-bond donors (Lipinski definition) is 2. The van der Waals surface area contributed by atoms with E-state index in [4.69, 9.17) is 14.8 Å². The lowest BCUT2D eigenvalue weighted by Crippen LogP contribution is -2.56. The van der Waals surface area contributed by atoms with Gasteiger partial charge in [-0.05, 0) is 109 Å². The van der Waals surface area contributed by atoms with Crippen LogP contribution in [0, 0.1) is 22.2 Å². The molecule has 4 fully saturated rings. The maximum Gasteiger partial charge on any atom is 0.512 e. The fraction of sp³-hybridized carbons (Fsp3) is 0.410. The highest BCUT2D eigenvalue weighted by molar-refractivity contribution is 7.22. The first-order chi connectivity index (χ1) is 24.0. The van der Waals surface area contributed by atoms with Crippen molar-refractivity contribution in [1.82, 2.24) is 19.7 Å². The number of fused-ring (bicyclic) bond motifs is 2. The zero-order valence-corrected chi connectivity index (χ0v) is 29.1. The lowest BCUT2D eigenvalue weighted by atomic mass is 9.40. The molecule has 5 aromatic rings. The molecule has 5 aliphatic rings. The first-order valence-corrected chi connectivity index (χ1v) is 18.3. The summed E-state index contributed by atoms with van der Waals surface area (Å²) in [6.07, 6.45) is 10.9. The van der Waals surface area contributed by atoms with Crippen LogP contribution < -0.4 is 15.0 Å². The molecule has 256 valence electrons. The van der Waals surface area contributed by atoms with Gasteiger partial charge in [-0.1, -0.05) is 49.4 Å². The minimum atomic E-state index is -1.42. The first kappa shape index (κ1) is 31.2. The molecule has 1 amide bonds. The second-order valence-corrected chi connectivity index (χ2v) is 17.0. The minimum absolute atomic E-state index is 0.0250. The van der Waals surface area contributed by atoms with Crippen molar-refractivity contribution in [3.63, 3.8) is 0 Å². The molecule has 4 saturated carbocycles. The average Bonchev–Trinajstić information content (AvgIpc) is 3.68. The maximum atomic E-state index is 13.5. The number of carboxylic acid groups (broad SMARTS) is 1. The van der Waals surface area contributed by atoms with Gasteiger partial charge in [0.15, 0.2) is 5.13 Å². The van der Waals surface area contributed by atoms with Crippen LogP contribution in [0.4, 0.5) is 15.7 Å². The predicted octanol–water partition coefficient (Wildman–Crippen LogP) is 8.42. The first-order valence-electron chi connectivity index (χ1n) is 17.5.